The van der Waals surface area contributed by atoms with Crippen molar-refractivity contribution in [2.75, 3.05) is 0 Å². The van der Waals surface area contributed by atoms with Crippen LogP contribution in [0.3, 0.4) is 0 Å². The Morgan fingerprint density at radius 2 is 2.14 bits per heavy atom. The van der Waals surface area contributed by atoms with E-state index in [0.29, 0.717) is 0 Å². The normalized spacial score (nSPS) is 12.6. The molecule has 0 aliphatic heterocycles. The molecule has 0 amide bonds. The van der Waals surface area contributed by atoms with Crippen molar-refractivity contribution in [1.29, 1.82) is 5.26 Å². The lowest BCUT2D eigenvalue weighted by Crippen LogP contribution is -1.89. The van der Waals surface area contributed by atoms with Crippen LogP contribution in [0.4, 0.5) is 0 Å². The lowest BCUT2D eigenvalue weighted by molar-refractivity contribution is 0.963. The lowest BCUT2D eigenvalue weighted by Gasteiger charge is -2.03. The van der Waals surface area contributed by atoms with Crippen LogP contribution in [0, 0.1) is 11.3 Å². The highest BCUT2D eigenvalue weighted by Gasteiger charge is 2.05. The molecule has 0 bridgehead atoms. The van der Waals surface area contributed by atoms with E-state index in [-0.39, 0.29) is 5.92 Å². The van der Waals surface area contributed by atoms with Crippen LogP contribution in [0.25, 0.3) is 10.9 Å². The summed E-state index contributed by atoms with van der Waals surface area (Å²) in [5, 5.41) is 10.0. The van der Waals surface area contributed by atoms with Gasteiger partial charge in [-0.05, 0) is 36.1 Å². The number of hydrogen-bond acceptors (Lipinski definition) is 1. The molecule has 1 heterocycles. The van der Waals surface area contributed by atoms with Crippen molar-refractivity contribution in [1.82, 2.24) is 4.57 Å². The molecule has 1 atom stereocenters. The zero-order valence-corrected chi connectivity index (χ0v) is 8.36. The van der Waals surface area contributed by atoms with E-state index in [9.17, 15) is 0 Å². The van der Waals surface area contributed by atoms with Gasteiger partial charge in [-0.1, -0.05) is 6.07 Å². The highest BCUT2D eigenvalue weighted by Crippen LogP contribution is 2.21. The van der Waals surface area contributed by atoms with Gasteiger partial charge in [0, 0.05) is 18.8 Å². The molecule has 2 nitrogen and oxygen atoms in total. The summed E-state index contributed by atoms with van der Waals surface area (Å²) in [5.41, 5.74) is 2.30. The predicted molar refractivity (Wildman–Crippen MR) is 56.9 cm³/mol. The van der Waals surface area contributed by atoms with Gasteiger partial charge < -0.3 is 4.57 Å². The van der Waals surface area contributed by atoms with Gasteiger partial charge >= 0.3 is 0 Å². The molecule has 2 heteroatoms. The highest BCUT2D eigenvalue weighted by molar-refractivity contribution is 5.81. The lowest BCUT2D eigenvalue weighted by atomic mass is 10.0. The monoisotopic (exact) mass is 184 g/mol. The third-order valence-corrected chi connectivity index (χ3v) is 2.60. The number of aryl methyl sites for hydroxylation is 1. The molecule has 0 radical (unpaired) electrons. The van der Waals surface area contributed by atoms with E-state index in [2.05, 4.69) is 28.8 Å². The maximum absolute atomic E-state index is 8.81. The molecule has 1 aromatic carbocycles. The molecule has 0 aliphatic rings. The van der Waals surface area contributed by atoms with Crippen molar-refractivity contribution >= 4 is 10.9 Å². The summed E-state index contributed by atoms with van der Waals surface area (Å²) in [6.07, 6.45) is 2.03. The van der Waals surface area contributed by atoms with E-state index >= 15 is 0 Å². The van der Waals surface area contributed by atoms with E-state index in [1.807, 2.05) is 26.2 Å². The van der Waals surface area contributed by atoms with Crippen LogP contribution in [0.2, 0.25) is 0 Å². The SMILES string of the molecule is CC(C#N)c1ccc2c(ccn2C)c1. The Bertz CT molecular complexity index is 503. The highest BCUT2D eigenvalue weighted by atomic mass is 14.9. The molecule has 0 N–H and O–H groups in total. The Balaban J connectivity index is 2.58. The molecular formula is C12H12N2. The molecule has 2 aromatic rings. The molecular weight excluding hydrogens is 172 g/mol. The molecule has 70 valence electrons. The molecule has 0 saturated carbocycles. The first-order chi connectivity index (χ1) is 6.72. The van der Waals surface area contributed by atoms with Crippen LogP contribution in [-0.2, 0) is 7.05 Å². The number of nitriles is 1. The fraction of sp³-hybridized carbons (Fsp3) is 0.250. The van der Waals surface area contributed by atoms with Gasteiger partial charge in [0.2, 0.25) is 0 Å². The second-order valence-electron chi connectivity index (χ2n) is 3.60. The Morgan fingerprint density at radius 3 is 2.86 bits per heavy atom. The van der Waals surface area contributed by atoms with Crippen molar-refractivity contribution in [3.63, 3.8) is 0 Å². The van der Waals surface area contributed by atoms with Crippen LogP contribution in [0.15, 0.2) is 30.5 Å². The average Bonchev–Trinajstić information content (AvgIpc) is 2.59. The van der Waals surface area contributed by atoms with Gasteiger partial charge in [-0.3, -0.25) is 0 Å². The van der Waals surface area contributed by atoms with Crippen molar-refractivity contribution in [3.05, 3.63) is 36.0 Å². The second-order valence-corrected chi connectivity index (χ2v) is 3.60. The van der Waals surface area contributed by atoms with Gasteiger partial charge in [0.05, 0.1) is 12.0 Å². The summed E-state index contributed by atoms with van der Waals surface area (Å²) in [4.78, 5) is 0. The molecule has 0 aliphatic carbocycles. The first-order valence-corrected chi connectivity index (χ1v) is 4.67. The zero-order chi connectivity index (χ0) is 10.1. The van der Waals surface area contributed by atoms with E-state index in [0.717, 1.165) is 5.56 Å². The molecule has 0 fully saturated rings. The first-order valence-electron chi connectivity index (χ1n) is 4.67. The third kappa shape index (κ3) is 1.27. The summed E-state index contributed by atoms with van der Waals surface area (Å²) in [6.45, 7) is 1.92. The Hall–Kier alpha value is -1.75. The van der Waals surface area contributed by atoms with E-state index in [4.69, 9.17) is 5.26 Å². The minimum atomic E-state index is -0.0281. The number of rotatable bonds is 1. The van der Waals surface area contributed by atoms with Gasteiger partial charge in [-0.2, -0.15) is 5.26 Å². The Labute approximate surface area is 83.4 Å². The van der Waals surface area contributed by atoms with Crippen LogP contribution in [0.1, 0.15) is 18.4 Å². The molecule has 1 unspecified atom stereocenters. The van der Waals surface area contributed by atoms with E-state index < -0.39 is 0 Å². The maximum Gasteiger partial charge on any atom is 0.0700 e. The van der Waals surface area contributed by atoms with Crippen LogP contribution < -0.4 is 0 Å². The number of fused-ring (bicyclic) bond motifs is 1. The Morgan fingerprint density at radius 1 is 1.36 bits per heavy atom. The van der Waals surface area contributed by atoms with Crippen molar-refractivity contribution in [3.8, 4) is 6.07 Å². The van der Waals surface area contributed by atoms with Crippen LogP contribution in [0.5, 0.6) is 0 Å². The van der Waals surface area contributed by atoms with Crippen molar-refractivity contribution in [2.24, 2.45) is 7.05 Å². The summed E-state index contributed by atoms with van der Waals surface area (Å²) in [6, 6.07) is 10.5. The second kappa shape index (κ2) is 3.19. The van der Waals surface area contributed by atoms with Gasteiger partial charge in [0.25, 0.3) is 0 Å². The molecule has 0 saturated heterocycles. The molecule has 1 aromatic heterocycles. The minimum Gasteiger partial charge on any atom is -0.351 e. The van der Waals surface area contributed by atoms with Gasteiger partial charge in [0.1, 0.15) is 0 Å². The number of benzene rings is 1. The van der Waals surface area contributed by atoms with Gasteiger partial charge in [-0.25, -0.2) is 0 Å². The fourth-order valence-electron chi connectivity index (χ4n) is 1.64. The fourth-order valence-corrected chi connectivity index (χ4v) is 1.64. The first kappa shape index (κ1) is 8.83. The zero-order valence-electron chi connectivity index (χ0n) is 8.36. The summed E-state index contributed by atoms with van der Waals surface area (Å²) in [5.74, 6) is -0.0281. The van der Waals surface area contributed by atoms with Crippen molar-refractivity contribution < 1.29 is 0 Å². The van der Waals surface area contributed by atoms with Crippen LogP contribution >= 0.6 is 0 Å². The molecule has 0 spiro atoms. The number of hydrogen-bond donors (Lipinski definition) is 0. The summed E-state index contributed by atoms with van der Waals surface area (Å²) in [7, 11) is 2.02. The average molecular weight is 184 g/mol. The Kier molecular flexibility index (Phi) is 2.01. The van der Waals surface area contributed by atoms with Gasteiger partial charge in [0.15, 0.2) is 0 Å². The summed E-state index contributed by atoms with van der Waals surface area (Å²) >= 11 is 0. The molecule has 2 rings (SSSR count). The van der Waals surface area contributed by atoms with Crippen molar-refractivity contribution in [2.45, 2.75) is 12.8 Å². The van der Waals surface area contributed by atoms with E-state index in [1.54, 1.807) is 0 Å². The number of aromatic nitrogens is 1. The van der Waals surface area contributed by atoms with Crippen LogP contribution in [-0.4, -0.2) is 4.57 Å². The molecule has 14 heavy (non-hydrogen) atoms. The van der Waals surface area contributed by atoms with E-state index in [1.165, 1.54) is 10.9 Å². The smallest absolute Gasteiger partial charge is 0.0700 e. The maximum atomic E-state index is 8.81. The standard InChI is InChI=1S/C12H12N2/c1-9(8-13)10-3-4-12-11(7-10)5-6-14(12)2/h3-7,9H,1-2H3. The number of nitrogens with zero attached hydrogens (tertiary/aromatic N) is 2. The topological polar surface area (TPSA) is 28.7 Å². The predicted octanol–water partition coefficient (Wildman–Crippen LogP) is 2.81. The largest absolute Gasteiger partial charge is 0.351 e. The minimum absolute atomic E-state index is 0.0281. The third-order valence-electron chi connectivity index (χ3n) is 2.60. The summed E-state index contributed by atoms with van der Waals surface area (Å²) < 4.78 is 2.08. The van der Waals surface area contributed by atoms with Gasteiger partial charge in [-0.15, -0.1) is 0 Å². The quantitative estimate of drug-likeness (QED) is 0.670.